The van der Waals surface area contributed by atoms with Crippen LogP contribution in [0.25, 0.3) is 0 Å². The molecule has 1 atom stereocenters. The summed E-state index contributed by atoms with van der Waals surface area (Å²) in [4.78, 5) is 0. The quantitative estimate of drug-likeness (QED) is 0.638. The summed E-state index contributed by atoms with van der Waals surface area (Å²) < 4.78 is 2.86. The summed E-state index contributed by atoms with van der Waals surface area (Å²) in [5.74, 6) is 5.72. The van der Waals surface area contributed by atoms with E-state index in [1.54, 1.807) is 0 Å². The lowest BCUT2D eigenvalue weighted by molar-refractivity contribution is 0.528. The number of hydrazine groups is 1. The second-order valence-corrected chi connectivity index (χ2v) is 5.86. The Morgan fingerprint density at radius 3 is 2.70 bits per heavy atom. The summed E-state index contributed by atoms with van der Waals surface area (Å²) in [6, 6.07) is 7.99. The molecule has 1 unspecified atom stereocenters. The van der Waals surface area contributed by atoms with Crippen LogP contribution in [0, 0.1) is 0 Å². The van der Waals surface area contributed by atoms with Crippen LogP contribution in [0.4, 0.5) is 0 Å². The Bertz CT molecular complexity index is 597. The van der Waals surface area contributed by atoms with Gasteiger partial charge in [-0.25, -0.2) is 0 Å². The van der Waals surface area contributed by atoms with E-state index in [4.69, 9.17) is 17.4 Å². The van der Waals surface area contributed by atoms with Crippen LogP contribution in [0.1, 0.15) is 29.9 Å². The topological polar surface area (TPSA) is 55.9 Å². The molecule has 0 saturated heterocycles. The Morgan fingerprint density at radius 2 is 2.15 bits per heavy atom. The lowest BCUT2D eigenvalue weighted by atomic mass is 10.0. The molecule has 2 aromatic rings. The Balaban J connectivity index is 2.32. The Morgan fingerprint density at radius 1 is 1.45 bits per heavy atom. The van der Waals surface area contributed by atoms with Crippen LogP contribution >= 0.6 is 27.5 Å². The molecule has 1 heterocycles. The number of hydrogen-bond donors (Lipinski definition) is 2. The summed E-state index contributed by atoms with van der Waals surface area (Å²) in [6.45, 7) is 2.05. The number of aromatic nitrogens is 2. The van der Waals surface area contributed by atoms with Crippen LogP contribution in [-0.4, -0.2) is 9.78 Å². The van der Waals surface area contributed by atoms with Crippen molar-refractivity contribution in [3.8, 4) is 0 Å². The minimum Gasteiger partial charge on any atom is -0.271 e. The van der Waals surface area contributed by atoms with Gasteiger partial charge in [0.25, 0.3) is 0 Å². The van der Waals surface area contributed by atoms with Gasteiger partial charge in [0.2, 0.25) is 0 Å². The van der Waals surface area contributed by atoms with Crippen molar-refractivity contribution in [2.24, 2.45) is 12.9 Å². The van der Waals surface area contributed by atoms with Gasteiger partial charge in [-0.2, -0.15) is 5.10 Å². The van der Waals surface area contributed by atoms with Crippen molar-refractivity contribution >= 4 is 27.5 Å². The fourth-order valence-corrected chi connectivity index (χ4v) is 3.18. The molecule has 0 spiro atoms. The van der Waals surface area contributed by atoms with Gasteiger partial charge < -0.3 is 0 Å². The minimum atomic E-state index is -0.0248. The third-order valence-electron chi connectivity index (χ3n) is 3.38. The van der Waals surface area contributed by atoms with E-state index in [0.717, 1.165) is 32.9 Å². The Kier molecular flexibility index (Phi) is 5.21. The molecule has 0 fully saturated rings. The molecule has 1 aromatic heterocycles. The standard InChI is InChI=1S/C14H18BrClN4/c1-3-11-14(16)13(20(2)19-11)8-12(18-17)9-6-4-5-7-10(9)15/h4-7,12,18H,3,8,17H2,1-2H3. The van der Waals surface area contributed by atoms with Crippen LogP contribution in [-0.2, 0) is 19.9 Å². The zero-order valence-electron chi connectivity index (χ0n) is 11.5. The van der Waals surface area contributed by atoms with Gasteiger partial charge in [0, 0.05) is 17.9 Å². The maximum atomic E-state index is 6.39. The van der Waals surface area contributed by atoms with Crippen molar-refractivity contribution in [1.82, 2.24) is 15.2 Å². The van der Waals surface area contributed by atoms with Crippen molar-refractivity contribution in [2.75, 3.05) is 0 Å². The summed E-state index contributed by atoms with van der Waals surface area (Å²) in [5, 5.41) is 5.17. The second-order valence-electron chi connectivity index (χ2n) is 4.63. The first-order valence-corrected chi connectivity index (χ1v) is 7.66. The number of benzene rings is 1. The van der Waals surface area contributed by atoms with Crippen molar-refractivity contribution < 1.29 is 0 Å². The fraction of sp³-hybridized carbons (Fsp3) is 0.357. The van der Waals surface area contributed by atoms with Crippen molar-refractivity contribution in [3.05, 3.63) is 50.7 Å². The van der Waals surface area contributed by atoms with Crippen LogP contribution < -0.4 is 11.3 Å². The van der Waals surface area contributed by atoms with Gasteiger partial charge in [-0.1, -0.05) is 52.7 Å². The van der Waals surface area contributed by atoms with E-state index in [1.165, 1.54) is 0 Å². The predicted octanol–water partition coefficient (Wildman–Crippen LogP) is 3.15. The maximum Gasteiger partial charge on any atom is 0.0850 e. The van der Waals surface area contributed by atoms with Gasteiger partial charge in [0.1, 0.15) is 0 Å². The first kappa shape index (κ1) is 15.5. The van der Waals surface area contributed by atoms with E-state index in [2.05, 4.69) is 26.5 Å². The van der Waals surface area contributed by atoms with Crippen LogP contribution in [0.2, 0.25) is 5.02 Å². The third kappa shape index (κ3) is 3.06. The molecule has 3 N–H and O–H groups in total. The van der Waals surface area contributed by atoms with Crippen molar-refractivity contribution in [3.63, 3.8) is 0 Å². The van der Waals surface area contributed by atoms with Gasteiger partial charge in [0.15, 0.2) is 0 Å². The molecule has 0 bridgehead atoms. The van der Waals surface area contributed by atoms with Crippen LogP contribution in [0.3, 0.4) is 0 Å². The minimum absolute atomic E-state index is 0.0248. The van der Waals surface area contributed by atoms with Gasteiger partial charge in [0.05, 0.1) is 22.5 Å². The molecule has 0 aliphatic heterocycles. The molecular weight excluding hydrogens is 340 g/mol. The van der Waals surface area contributed by atoms with E-state index in [-0.39, 0.29) is 6.04 Å². The first-order chi connectivity index (χ1) is 9.58. The largest absolute Gasteiger partial charge is 0.271 e. The molecule has 0 radical (unpaired) electrons. The number of nitrogens with zero attached hydrogens (tertiary/aromatic N) is 2. The number of hydrogen-bond acceptors (Lipinski definition) is 3. The highest BCUT2D eigenvalue weighted by Crippen LogP contribution is 2.29. The molecule has 0 aliphatic rings. The lowest BCUT2D eigenvalue weighted by Gasteiger charge is -2.18. The van der Waals surface area contributed by atoms with E-state index < -0.39 is 0 Å². The SMILES string of the molecule is CCc1nn(C)c(CC(NN)c2ccccc2Br)c1Cl. The van der Waals surface area contributed by atoms with E-state index in [9.17, 15) is 0 Å². The fourth-order valence-electron chi connectivity index (χ4n) is 2.25. The highest BCUT2D eigenvalue weighted by Gasteiger charge is 2.19. The summed E-state index contributed by atoms with van der Waals surface area (Å²) >= 11 is 9.95. The molecule has 0 saturated carbocycles. The lowest BCUT2D eigenvalue weighted by Crippen LogP contribution is -2.30. The van der Waals surface area contributed by atoms with Gasteiger partial charge in [-0.05, 0) is 18.1 Å². The molecule has 1 aromatic carbocycles. The van der Waals surface area contributed by atoms with Crippen molar-refractivity contribution in [2.45, 2.75) is 25.8 Å². The predicted molar refractivity (Wildman–Crippen MR) is 85.5 cm³/mol. The third-order valence-corrected chi connectivity index (χ3v) is 4.54. The molecule has 4 nitrogen and oxygen atoms in total. The molecular formula is C14H18BrClN4. The molecule has 0 amide bonds. The molecule has 2 rings (SSSR count). The molecule has 6 heteroatoms. The average Bonchev–Trinajstić information content (AvgIpc) is 2.72. The van der Waals surface area contributed by atoms with E-state index in [0.29, 0.717) is 6.42 Å². The van der Waals surface area contributed by atoms with Gasteiger partial charge >= 0.3 is 0 Å². The number of rotatable bonds is 5. The number of nitrogens with two attached hydrogens (primary N) is 1. The molecule has 20 heavy (non-hydrogen) atoms. The highest BCUT2D eigenvalue weighted by molar-refractivity contribution is 9.10. The number of halogens is 2. The van der Waals surface area contributed by atoms with E-state index >= 15 is 0 Å². The van der Waals surface area contributed by atoms with Crippen LogP contribution in [0.5, 0.6) is 0 Å². The molecule has 0 aliphatic carbocycles. The van der Waals surface area contributed by atoms with Gasteiger partial charge in [-0.3, -0.25) is 16.0 Å². The average molecular weight is 358 g/mol. The Labute approximate surface area is 132 Å². The van der Waals surface area contributed by atoms with Crippen LogP contribution in [0.15, 0.2) is 28.7 Å². The first-order valence-electron chi connectivity index (χ1n) is 6.49. The summed E-state index contributed by atoms with van der Waals surface area (Å²) in [5.41, 5.74) is 5.87. The summed E-state index contributed by atoms with van der Waals surface area (Å²) in [6.07, 6.45) is 1.50. The smallest absolute Gasteiger partial charge is 0.0850 e. The number of aryl methyl sites for hydroxylation is 2. The zero-order valence-corrected chi connectivity index (χ0v) is 13.9. The molecule has 108 valence electrons. The normalized spacial score (nSPS) is 12.7. The zero-order chi connectivity index (χ0) is 14.7. The second kappa shape index (κ2) is 6.72. The monoisotopic (exact) mass is 356 g/mol. The highest BCUT2D eigenvalue weighted by atomic mass is 79.9. The van der Waals surface area contributed by atoms with Gasteiger partial charge in [-0.15, -0.1) is 0 Å². The van der Waals surface area contributed by atoms with Crippen molar-refractivity contribution in [1.29, 1.82) is 0 Å². The summed E-state index contributed by atoms with van der Waals surface area (Å²) in [7, 11) is 1.91. The number of nitrogens with one attached hydrogen (secondary N) is 1. The Hall–Kier alpha value is -0.880. The maximum absolute atomic E-state index is 6.39. The van der Waals surface area contributed by atoms with E-state index in [1.807, 2.05) is 42.9 Å².